The molecular formula is C19H23NO6S. The summed E-state index contributed by atoms with van der Waals surface area (Å²) in [6.45, 7) is 2.01. The number of methoxy groups -OCH3 is 1. The van der Waals surface area contributed by atoms with Crippen LogP contribution in [0.4, 0.5) is 0 Å². The van der Waals surface area contributed by atoms with Crippen molar-refractivity contribution in [2.45, 2.75) is 18.2 Å². The second-order valence-corrected chi connectivity index (χ2v) is 7.29. The highest BCUT2D eigenvalue weighted by molar-refractivity contribution is 7.89. The molecule has 0 amide bonds. The van der Waals surface area contributed by atoms with Crippen molar-refractivity contribution in [1.29, 1.82) is 0 Å². The van der Waals surface area contributed by atoms with Gasteiger partial charge in [0.1, 0.15) is 11.5 Å². The molecule has 146 valence electrons. The summed E-state index contributed by atoms with van der Waals surface area (Å²) in [5.41, 5.74) is 0.791. The van der Waals surface area contributed by atoms with Gasteiger partial charge in [0.05, 0.1) is 18.6 Å². The summed E-state index contributed by atoms with van der Waals surface area (Å²) in [5, 5.41) is 0. The van der Waals surface area contributed by atoms with E-state index in [9.17, 15) is 13.2 Å². The van der Waals surface area contributed by atoms with Gasteiger partial charge < -0.3 is 14.2 Å². The third-order valence-corrected chi connectivity index (χ3v) is 5.16. The lowest BCUT2D eigenvalue weighted by Crippen LogP contribution is -2.26. The minimum absolute atomic E-state index is 0.162. The summed E-state index contributed by atoms with van der Waals surface area (Å²) in [7, 11) is -2.10. The third kappa shape index (κ3) is 6.26. The van der Waals surface area contributed by atoms with Crippen LogP contribution in [-0.4, -0.2) is 41.3 Å². The standard InChI is InChI=1S/C19H23NO6S/c1-3-25-19(21)14-26-18-7-5-4-6-15(18)12-13-20-27(22,23)17-10-8-16(24-2)9-11-17/h4-11,20H,3,12-14H2,1-2H3. The molecule has 0 aliphatic rings. The molecular weight excluding hydrogens is 370 g/mol. The summed E-state index contributed by atoms with van der Waals surface area (Å²) in [4.78, 5) is 11.6. The minimum Gasteiger partial charge on any atom is -0.497 e. The average molecular weight is 393 g/mol. The first-order chi connectivity index (χ1) is 13.0. The van der Waals surface area contributed by atoms with E-state index in [1.165, 1.54) is 19.2 Å². The fraction of sp³-hybridized carbons (Fsp3) is 0.316. The Morgan fingerprint density at radius 2 is 1.78 bits per heavy atom. The molecule has 0 spiro atoms. The van der Waals surface area contributed by atoms with Crippen LogP contribution >= 0.6 is 0 Å². The molecule has 0 aromatic heterocycles. The van der Waals surface area contributed by atoms with Crippen molar-refractivity contribution in [3.8, 4) is 11.5 Å². The summed E-state index contributed by atoms with van der Waals surface area (Å²) in [5.74, 6) is 0.656. The lowest BCUT2D eigenvalue weighted by Gasteiger charge is -2.12. The van der Waals surface area contributed by atoms with E-state index in [1.807, 2.05) is 12.1 Å². The Hall–Kier alpha value is -2.58. The number of ether oxygens (including phenoxy) is 3. The van der Waals surface area contributed by atoms with Crippen LogP contribution in [0.1, 0.15) is 12.5 Å². The number of sulfonamides is 1. The van der Waals surface area contributed by atoms with Gasteiger partial charge in [-0.2, -0.15) is 0 Å². The summed E-state index contributed by atoms with van der Waals surface area (Å²) < 4.78 is 42.6. The molecule has 0 heterocycles. The fourth-order valence-electron chi connectivity index (χ4n) is 2.35. The van der Waals surface area contributed by atoms with E-state index in [1.54, 1.807) is 31.2 Å². The van der Waals surface area contributed by atoms with Crippen molar-refractivity contribution < 1.29 is 27.4 Å². The van der Waals surface area contributed by atoms with Crippen molar-refractivity contribution in [3.63, 3.8) is 0 Å². The van der Waals surface area contributed by atoms with Gasteiger partial charge in [-0.15, -0.1) is 0 Å². The number of carbonyl (C=O) groups is 1. The SMILES string of the molecule is CCOC(=O)COc1ccccc1CCNS(=O)(=O)c1ccc(OC)cc1. The van der Waals surface area contributed by atoms with Crippen LogP contribution < -0.4 is 14.2 Å². The molecule has 0 radical (unpaired) electrons. The zero-order valence-corrected chi connectivity index (χ0v) is 16.1. The second kappa shape index (κ2) is 9.94. The largest absolute Gasteiger partial charge is 0.497 e. The fourth-order valence-corrected chi connectivity index (χ4v) is 3.38. The van der Waals surface area contributed by atoms with Gasteiger partial charge in [-0.05, 0) is 49.2 Å². The van der Waals surface area contributed by atoms with Crippen molar-refractivity contribution in [2.24, 2.45) is 0 Å². The molecule has 1 N–H and O–H groups in total. The van der Waals surface area contributed by atoms with Gasteiger partial charge in [-0.1, -0.05) is 18.2 Å². The molecule has 0 saturated carbocycles. The highest BCUT2D eigenvalue weighted by Crippen LogP contribution is 2.19. The molecule has 8 heteroatoms. The van der Waals surface area contributed by atoms with Gasteiger partial charge in [-0.25, -0.2) is 17.9 Å². The monoisotopic (exact) mass is 393 g/mol. The van der Waals surface area contributed by atoms with Crippen LogP contribution in [0.25, 0.3) is 0 Å². The lowest BCUT2D eigenvalue weighted by atomic mass is 10.1. The Balaban J connectivity index is 1.95. The molecule has 2 aromatic carbocycles. The lowest BCUT2D eigenvalue weighted by molar-refractivity contribution is -0.145. The molecule has 27 heavy (non-hydrogen) atoms. The summed E-state index contributed by atoms with van der Waals surface area (Å²) >= 11 is 0. The average Bonchev–Trinajstić information content (AvgIpc) is 2.67. The Labute approximate surface area is 159 Å². The number of para-hydroxylation sites is 1. The van der Waals surface area contributed by atoms with Gasteiger partial charge >= 0.3 is 5.97 Å². The van der Waals surface area contributed by atoms with E-state index in [2.05, 4.69) is 4.72 Å². The summed E-state index contributed by atoms with van der Waals surface area (Å²) in [6, 6.07) is 13.3. The number of hydrogen-bond acceptors (Lipinski definition) is 6. The third-order valence-electron chi connectivity index (χ3n) is 3.68. The van der Waals surface area contributed by atoms with Crippen molar-refractivity contribution in [2.75, 3.05) is 26.9 Å². The second-order valence-electron chi connectivity index (χ2n) is 5.52. The molecule has 0 fully saturated rings. The van der Waals surface area contributed by atoms with E-state index in [0.717, 1.165) is 5.56 Å². The van der Waals surface area contributed by atoms with Gasteiger partial charge in [0, 0.05) is 6.54 Å². The van der Waals surface area contributed by atoms with Crippen LogP contribution in [0.3, 0.4) is 0 Å². The van der Waals surface area contributed by atoms with Crippen molar-refractivity contribution in [3.05, 3.63) is 54.1 Å². The Kier molecular flexibility index (Phi) is 7.63. The Bertz CT molecular complexity index is 849. The molecule has 0 bridgehead atoms. The highest BCUT2D eigenvalue weighted by Gasteiger charge is 2.14. The maximum Gasteiger partial charge on any atom is 0.344 e. The number of nitrogens with one attached hydrogen (secondary N) is 1. The predicted molar refractivity (Wildman–Crippen MR) is 100 cm³/mol. The molecule has 7 nitrogen and oxygen atoms in total. The number of benzene rings is 2. The zero-order chi connectivity index (χ0) is 19.7. The molecule has 0 unspecified atom stereocenters. The zero-order valence-electron chi connectivity index (χ0n) is 15.3. The number of carbonyl (C=O) groups excluding carboxylic acids is 1. The van der Waals surface area contributed by atoms with Crippen LogP contribution in [-0.2, 0) is 26.0 Å². The van der Waals surface area contributed by atoms with Gasteiger partial charge in [-0.3, -0.25) is 0 Å². The Morgan fingerprint density at radius 3 is 2.44 bits per heavy atom. The van der Waals surface area contributed by atoms with E-state index in [4.69, 9.17) is 14.2 Å². The minimum atomic E-state index is -3.62. The molecule has 0 atom stereocenters. The maximum atomic E-state index is 12.3. The van der Waals surface area contributed by atoms with E-state index in [0.29, 0.717) is 17.9 Å². The van der Waals surface area contributed by atoms with E-state index < -0.39 is 16.0 Å². The van der Waals surface area contributed by atoms with Crippen molar-refractivity contribution >= 4 is 16.0 Å². The van der Waals surface area contributed by atoms with E-state index in [-0.39, 0.29) is 24.7 Å². The van der Waals surface area contributed by atoms with Crippen LogP contribution in [0, 0.1) is 0 Å². The first-order valence-corrected chi connectivity index (χ1v) is 9.94. The number of rotatable bonds is 10. The number of esters is 1. The van der Waals surface area contributed by atoms with Gasteiger partial charge in [0.2, 0.25) is 10.0 Å². The normalized spacial score (nSPS) is 11.0. The molecule has 2 rings (SSSR count). The highest BCUT2D eigenvalue weighted by atomic mass is 32.2. The van der Waals surface area contributed by atoms with Crippen LogP contribution in [0.15, 0.2) is 53.4 Å². The van der Waals surface area contributed by atoms with Gasteiger partial charge in [0.25, 0.3) is 0 Å². The predicted octanol–water partition coefficient (Wildman–Crippen LogP) is 2.16. The van der Waals surface area contributed by atoms with Crippen LogP contribution in [0.2, 0.25) is 0 Å². The Morgan fingerprint density at radius 1 is 1.07 bits per heavy atom. The van der Waals surface area contributed by atoms with Crippen molar-refractivity contribution in [1.82, 2.24) is 4.72 Å². The first kappa shape index (κ1) is 20.7. The quantitative estimate of drug-likeness (QED) is 0.622. The molecule has 0 aliphatic heterocycles. The van der Waals surface area contributed by atoms with Crippen LogP contribution in [0.5, 0.6) is 11.5 Å². The first-order valence-electron chi connectivity index (χ1n) is 8.46. The smallest absolute Gasteiger partial charge is 0.344 e. The van der Waals surface area contributed by atoms with E-state index >= 15 is 0 Å². The van der Waals surface area contributed by atoms with Gasteiger partial charge in [0.15, 0.2) is 6.61 Å². The molecule has 2 aromatic rings. The maximum absolute atomic E-state index is 12.3. The molecule has 0 saturated heterocycles. The summed E-state index contributed by atoms with van der Waals surface area (Å²) in [6.07, 6.45) is 0.411. The molecule has 0 aliphatic carbocycles. The topological polar surface area (TPSA) is 90.9 Å². The number of hydrogen-bond donors (Lipinski definition) is 1.